The molecule has 7 nitrogen and oxygen atoms in total. The Balaban J connectivity index is 1.35. The van der Waals surface area contributed by atoms with Gasteiger partial charge in [-0.1, -0.05) is 0 Å². The number of hydrogen-bond acceptors (Lipinski definition) is 5. The number of aryl methyl sites for hydroxylation is 2. The molecule has 1 saturated carbocycles. The summed E-state index contributed by atoms with van der Waals surface area (Å²) in [5, 5.41) is 17.2. The predicted octanol–water partition coefficient (Wildman–Crippen LogP) is 3.60. The third-order valence-electron chi connectivity index (χ3n) is 6.81. The van der Waals surface area contributed by atoms with Crippen LogP contribution in [0, 0.1) is 25.1 Å². The SMILES string of the molecule is Cc1cn2nc(-c3cc(F)c4nn(C5CC6(CCNCC6)C5)nc4c3)cc(C)c2n1. The number of halogens is 1. The molecule has 1 N–H and O–H groups in total. The molecule has 0 amide bonds. The van der Waals surface area contributed by atoms with Gasteiger partial charge >= 0.3 is 0 Å². The summed E-state index contributed by atoms with van der Waals surface area (Å²) in [7, 11) is 0. The molecule has 30 heavy (non-hydrogen) atoms. The molecule has 1 aromatic carbocycles. The summed E-state index contributed by atoms with van der Waals surface area (Å²) in [6.07, 6.45) is 6.47. The molecular formula is C22H24FN7. The monoisotopic (exact) mass is 405 g/mol. The number of nitrogens with one attached hydrogen (secondary N) is 1. The minimum absolute atomic E-state index is 0.268. The molecule has 4 aromatic rings. The van der Waals surface area contributed by atoms with Crippen LogP contribution in [0.4, 0.5) is 4.39 Å². The van der Waals surface area contributed by atoms with Crippen molar-refractivity contribution in [1.29, 1.82) is 0 Å². The first-order valence-electron chi connectivity index (χ1n) is 10.6. The Labute approximate surface area is 173 Å². The lowest BCUT2D eigenvalue weighted by Crippen LogP contribution is -2.46. The first-order chi connectivity index (χ1) is 14.5. The molecule has 1 aliphatic heterocycles. The highest BCUT2D eigenvalue weighted by molar-refractivity contribution is 5.81. The van der Waals surface area contributed by atoms with Crippen LogP contribution in [0.25, 0.3) is 27.9 Å². The Kier molecular flexibility index (Phi) is 3.78. The van der Waals surface area contributed by atoms with Crippen LogP contribution in [0.2, 0.25) is 0 Å². The second-order valence-corrected chi connectivity index (χ2v) is 9.02. The molecule has 2 fully saturated rings. The predicted molar refractivity (Wildman–Crippen MR) is 112 cm³/mol. The van der Waals surface area contributed by atoms with Gasteiger partial charge in [0.25, 0.3) is 0 Å². The van der Waals surface area contributed by atoms with Crippen molar-refractivity contribution in [2.75, 3.05) is 13.1 Å². The third kappa shape index (κ3) is 2.74. The van der Waals surface area contributed by atoms with Crippen LogP contribution in [-0.2, 0) is 0 Å². The fourth-order valence-corrected chi connectivity index (χ4v) is 5.16. The zero-order chi connectivity index (χ0) is 20.5. The Bertz CT molecular complexity index is 1270. The van der Waals surface area contributed by atoms with Crippen molar-refractivity contribution in [3.63, 3.8) is 0 Å². The normalized spacial score (nSPS) is 19.0. The van der Waals surface area contributed by atoms with E-state index in [0.717, 1.165) is 42.8 Å². The highest BCUT2D eigenvalue weighted by Gasteiger charge is 2.46. The summed E-state index contributed by atoms with van der Waals surface area (Å²) in [5.41, 5.74) is 5.47. The van der Waals surface area contributed by atoms with Gasteiger partial charge < -0.3 is 5.32 Å². The van der Waals surface area contributed by atoms with Crippen molar-refractivity contribution in [3.05, 3.63) is 41.5 Å². The van der Waals surface area contributed by atoms with Crippen LogP contribution in [0.1, 0.15) is 43.0 Å². The number of hydrogen-bond donors (Lipinski definition) is 1. The molecule has 3 aromatic heterocycles. The van der Waals surface area contributed by atoms with Gasteiger partial charge in [-0.2, -0.15) is 15.0 Å². The number of benzene rings is 1. The zero-order valence-electron chi connectivity index (χ0n) is 17.2. The van der Waals surface area contributed by atoms with Crippen molar-refractivity contribution in [2.45, 2.75) is 45.6 Å². The standard InChI is InChI=1S/C22H24FN7/c1-13-7-18(26-29-12-14(2)25-21(13)29)15-8-17(23)20-19(9-15)27-30(28-20)16-10-22(11-16)3-5-24-6-4-22/h7-9,12,16,24H,3-6,10-11H2,1-2H3. The van der Waals surface area contributed by atoms with Crippen LogP contribution in [0.3, 0.4) is 0 Å². The van der Waals surface area contributed by atoms with Gasteiger partial charge in [0.1, 0.15) is 11.0 Å². The second kappa shape index (κ2) is 6.31. The molecule has 0 bridgehead atoms. The summed E-state index contributed by atoms with van der Waals surface area (Å²) in [6, 6.07) is 5.61. The fraction of sp³-hybridized carbons (Fsp3) is 0.455. The van der Waals surface area contributed by atoms with Crippen LogP contribution in [0.5, 0.6) is 0 Å². The maximum atomic E-state index is 14.9. The van der Waals surface area contributed by atoms with Crippen molar-refractivity contribution < 1.29 is 4.39 Å². The topological polar surface area (TPSA) is 72.9 Å². The van der Waals surface area contributed by atoms with Crippen molar-refractivity contribution >= 4 is 16.7 Å². The average Bonchev–Trinajstić information content (AvgIpc) is 3.30. The highest BCUT2D eigenvalue weighted by atomic mass is 19.1. The Morgan fingerprint density at radius 2 is 1.87 bits per heavy atom. The molecule has 0 unspecified atom stereocenters. The van der Waals surface area contributed by atoms with Crippen molar-refractivity contribution in [1.82, 2.24) is 34.9 Å². The summed E-state index contributed by atoms with van der Waals surface area (Å²) < 4.78 is 16.7. The minimum Gasteiger partial charge on any atom is -0.317 e. The first-order valence-corrected chi connectivity index (χ1v) is 10.6. The van der Waals surface area contributed by atoms with E-state index in [1.54, 1.807) is 9.31 Å². The van der Waals surface area contributed by atoms with Gasteiger partial charge in [-0.15, -0.1) is 5.10 Å². The lowest BCUT2D eigenvalue weighted by molar-refractivity contribution is 0.0166. The maximum Gasteiger partial charge on any atom is 0.156 e. The minimum atomic E-state index is -0.356. The van der Waals surface area contributed by atoms with Gasteiger partial charge in [0, 0.05) is 5.56 Å². The van der Waals surface area contributed by atoms with E-state index in [0.29, 0.717) is 27.7 Å². The van der Waals surface area contributed by atoms with Crippen LogP contribution < -0.4 is 5.32 Å². The number of nitrogens with zero attached hydrogens (tertiary/aromatic N) is 6. The van der Waals surface area contributed by atoms with E-state index in [1.807, 2.05) is 32.2 Å². The van der Waals surface area contributed by atoms with Gasteiger partial charge in [-0.05, 0) is 81.8 Å². The number of rotatable bonds is 2. The molecule has 1 spiro atoms. The summed E-state index contributed by atoms with van der Waals surface area (Å²) >= 11 is 0. The van der Waals surface area contributed by atoms with Crippen LogP contribution in [-0.4, -0.2) is 42.7 Å². The van der Waals surface area contributed by atoms with Crippen LogP contribution >= 0.6 is 0 Å². The van der Waals surface area contributed by atoms with E-state index in [2.05, 4.69) is 25.6 Å². The number of aromatic nitrogens is 6. The number of imidazole rings is 1. The molecule has 0 radical (unpaired) electrons. The Morgan fingerprint density at radius 3 is 2.67 bits per heavy atom. The highest BCUT2D eigenvalue weighted by Crippen LogP contribution is 2.53. The second-order valence-electron chi connectivity index (χ2n) is 9.02. The summed E-state index contributed by atoms with van der Waals surface area (Å²) in [5.74, 6) is -0.356. The van der Waals surface area contributed by atoms with E-state index in [-0.39, 0.29) is 11.9 Å². The molecule has 4 heterocycles. The van der Waals surface area contributed by atoms with Gasteiger partial charge in [-0.3, -0.25) is 0 Å². The lowest BCUT2D eigenvalue weighted by atomic mass is 9.61. The van der Waals surface area contributed by atoms with E-state index in [9.17, 15) is 4.39 Å². The van der Waals surface area contributed by atoms with Gasteiger partial charge in [-0.25, -0.2) is 13.9 Å². The molecule has 1 saturated heterocycles. The van der Waals surface area contributed by atoms with Crippen molar-refractivity contribution in [2.24, 2.45) is 5.41 Å². The number of fused-ring (bicyclic) bond motifs is 2. The molecule has 6 rings (SSSR count). The fourth-order valence-electron chi connectivity index (χ4n) is 5.16. The molecule has 0 atom stereocenters. The molecule has 8 heteroatoms. The molecule has 1 aliphatic carbocycles. The van der Waals surface area contributed by atoms with E-state index in [4.69, 9.17) is 0 Å². The molecule has 2 aliphatic rings. The third-order valence-corrected chi connectivity index (χ3v) is 6.81. The average molecular weight is 405 g/mol. The molecular weight excluding hydrogens is 381 g/mol. The van der Waals surface area contributed by atoms with Gasteiger partial charge in [0.05, 0.1) is 23.6 Å². The van der Waals surface area contributed by atoms with E-state index >= 15 is 0 Å². The Hall–Kier alpha value is -2.87. The Morgan fingerprint density at radius 1 is 1.07 bits per heavy atom. The van der Waals surface area contributed by atoms with Crippen LogP contribution in [0.15, 0.2) is 24.4 Å². The maximum absolute atomic E-state index is 14.9. The summed E-state index contributed by atoms with van der Waals surface area (Å²) in [6.45, 7) is 6.11. The summed E-state index contributed by atoms with van der Waals surface area (Å²) in [4.78, 5) is 6.23. The molecule has 154 valence electrons. The zero-order valence-corrected chi connectivity index (χ0v) is 17.2. The quantitative estimate of drug-likeness (QED) is 0.552. The first kappa shape index (κ1) is 17.9. The lowest BCUT2D eigenvalue weighted by Gasteiger charge is -2.49. The van der Waals surface area contributed by atoms with Gasteiger partial charge in [0.15, 0.2) is 11.5 Å². The van der Waals surface area contributed by atoms with Gasteiger partial charge in [0.2, 0.25) is 0 Å². The van der Waals surface area contributed by atoms with Crippen molar-refractivity contribution in [3.8, 4) is 11.3 Å². The largest absolute Gasteiger partial charge is 0.317 e. The van der Waals surface area contributed by atoms with E-state index < -0.39 is 0 Å². The van der Waals surface area contributed by atoms with E-state index in [1.165, 1.54) is 18.9 Å². The smallest absolute Gasteiger partial charge is 0.156 e. The number of piperidine rings is 1.